The predicted octanol–water partition coefficient (Wildman–Crippen LogP) is 2.86. The van der Waals surface area contributed by atoms with Crippen LogP contribution < -0.4 is 4.74 Å². The molecule has 0 radical (unpaired) electrons. The van der Waals surface area contributed by atoms with Gasteiger partial charge in [0.15, 0.2) is 9.84 Å². The zero-order valence-corrected chi connectivity index (χ0v) is 16.2. The maximum absolute atomic E-state index is 11.6. The van der Waals surface area contributed by atoms with Crippen LogP contribution in [0.4, 0.5) is 0 Å². The van der Waals surface area contributed by atoms with Gasteiger partial charge in [-0.15, -0.1) is 0 Å². The second kappa shape index (κ2) is 6.04. The number of ether oxygens (including phenoxy) is 1. The highest BCUT2D eigenvalue weighted by molar-refractivity contribution is 7.91. The van der Waals surface area contributed by atoms with E-state index in [0.29, 0.717) is 34.8 Å². The molecule has 1 unspecified atom stereocenters. The first-order valence-electron chi connectivity index (χ1n) is 8.69. The average Bonchev–Trinajstić information content (AvgIpc) is 3.33. The Morgan fingerprint density at radius 1 is 1.23 bits per heavy atom. The number of fused-ring (bicyclic) bond motifs is 1. The van der Waals surface area contributed by atoms with Crippen LogP contribution in [0.3, 0.4) is 0 Å². The topological polar surface area (TPSA) is 89.4 Å². The van der Waals surface area contributed by atoms with Gasteiger partial charge in [-0.1, -0.05) is 11.6 Å². The number of rotatable bonds is 5. The van der Waals surface area contributed by atoms with Crippen molar-refractivity contribution in [2.75, 3.05) is 6.26 Å². The van der Waals surface area contributed by atoms with Crippen molar-refractivity contribution in [2.24, 2.45) is 5.92 Å². The van der Waals surface area contributed by atoms with Crippen molar-refractivity contribution >= 4 is 32.2 Å². The first-order chi connectivity index (χ1) is 12.2. The van der Waals surface area contributed by atoms with Gasteiger partial charge in [0.25, 0.3) is 0 Å². The highest BCUT2D eigenvalue weighted by Crippen LogP contribution is 2.48. The number of nitrogens with zero attached hydrogens (tertiary/aromatic N) is 2. The number of halogens is 1. The molecule has 0 bridgehead atoms. The third-order valence-electron chi connectivity index (χ3n) is 5.56. The Morgan fingerprint density at radius 3 is 2.54 bits per heavy atom. The minimum atomic E-state index is -3.03. The van der Waals surface area contributed by atoms with E-state index in [0.717, 1.165) is 18.2 Å². The first-order valence-corrected chi connectivity index (χ1v) is 11.0. The third-order valence-corrected chi connectivity index (χ3v) is 7.36. The molecule has 0 aliphatic heterocycles. The van der Waals surface area contributed by atoms with E-state index in [1.807, 2.05) is 0 Å². The van der Waals surface area contributed by atoms with Crippen LogP contribution in [0.1, 0.15) is 38.2 Å². The van der Waals surface area contributed by atoms with Crippen LogP contribution in [0.2, 0.25) is 5.15 Å². The highest BCUT2D eigenvalue weighted by atomic mass is 35.5. The fourth-order valence-corrected chi connectivity index (χ4v) is 4.86. The molecule has 2 aliphatic carbocycles. The molecule has 2 aliphatic rings. The third kappa shape index (κ3) is 3.17. The number of hydrogen-bond acceptors (Lipinski definition) is 6. The maximum Gasteiger partial charge on any atom is 0.223 e. The Kier molecular flexibility index (Phi) is 4.17. The number of hydrogen-bond donors (Lipinski definition) is 1. The molecule has 0 spiro atoms. The van der Waals surface area contributed by atoms with Gasteiger partial charge in [0.2, 0.25) is 5.88 Å². The second-order valence-corrected chi connectivity index (χ2v) is 10.3. The lowest BCUT2D eigenvalue weighted by Gasteiger charge is -2.34. The molecule has 2 fully saturated rings. The van der Waals surface area contributed by atoms with Gasteiger partial charge in [-0.05, 0) is 37.1 Å². The van der Waals surface area contributed by atoms with Crippen LogP contribution in [-0.2, 0) is 15.4 Å². The molecule has 26 heavy (non-hydrogen) atoms. The molecule has 2 heterocycles. The Bertz CT molecular complexity index is 967. The molecule has 6 nitrogen and oxygen atoms in total. The van der Waals surface area contributed by atoms with Gasteiger partial charge in [0.1, 0.15) is 11.3 Å². The molecule has 2 saturated carbocycles. The zero-order valence-electron chi connectivity index (χ0n) is 14.6. The lowest BCUT2D eigenvalue weighted by molar-refractivity contribution is 0.0341. The molecule has 0 amide bonds. The fourth-order valence-electron chi connectivity index (χ4n) is 3.57. The summed E-state index contributed by atoms with van der Waals surface area (Å²) < 4.78 is 29.1. The van der Waals surface area contributed by atoms with Crippen molar-refractivity contribution in [1.82, 2.24) is 9.97 Å². The molecule has 2 aromatic heterocycles. The summed E-state index contributed by atoms with van der Waals surface area (Å²) in [5, 5.41) is 12.4. The van der Waals surface area contributed by atoms with E-state index >= 15 is 0 Å². The molecular formula is C18H21ClN2O4S. The molecule has 2 aromatic rings. The smallest absolute Gasteiger partial charge is 0.223 e. The Labute approximate surface area is 157 Å². The van der Waals surface area contributed by atoms with Gasteiger partial charge in [0, 0.05) is 37.1 Å². The van der Waals surface area contributed by atoms with E-state index < -0.39 is 15.4 Å². The highest BCUT2D eigenvalue weighted by Gasteiger charge is 2.43. The van der Waals surface area contributed by atoms with Crippen LogP contribution in [0.5, 0.6) is 5.88 Å². The van der Waals surface area contributed by atoms with Crippen LogP contribution in [0.25, 0.3) is 10.8 Å². The molecule has 4 rings (SSSR count). The standard InChI is InChI=1S/C18H21ClN2O4S/c1-18(22,10-3-4-10)15-9-21-17(14-8-20-16(19)7-13(14)15)25-11-5-12(6-11)26(2,23)24/h7-12,22H,3-6H2,1-2H3/t11-,12+,18?. The summed E-state index contributed by atoms with van der Waals surface area (Å²) in [5.41, 5.74) is -0.263. The summed E-state index contributed by atoms with van der Waals surface area (Å²) in [6.07, 6.45) is 7.20. The van der Waals surface area contributed by atoms with Gasteiger partial charge in [0.05, 0.1) is 16.2 Å². The normalized spacial score (nSPS) is 25.5. The van der Waals surface area contributed by atoms with Crippen LogP contribution >= 0.6 is 11.6 Å². The van der Waals surface area contributed by atoms with E-state index in [9.17, 15) is 13.5 Å². The Balaban J connectivity index is 1.67. The van der Waals surface area contributed by atoms with Gasteiger partial charge >= 0.3 is 0 Å². The van der Waals surface area contributed by atoms with Crippen molar-refractivity contribution in [3.63, 3.8) is 0 Å². The quantitative estimate of drug-likeness (QED) is 0.781. The summed E-state index contributed by atoms with van der Waals surface area (Å²) in [6.45, 7) is 1.80. The van der Waals surface area contributed by atoms with Crippen LogP contribution in [-0.4, -0.2) is 41.1 Å². The number of pyridine rings is 2. The SMILES string of the molecule is CC(O)(c1cnc(O[C@H]2C[C@@H](S(C)(=O)=O)C2)c2cnc(Cl)cc12)C1CC1. The van der Waals surface area contributed by atoms with Crippen molar-refractivity contribution in [2.45, 2.75) is 49.6 Å². The lowest BCUT2D eigenvalue weighted by Crippen LogP contribution is -2.42. The summed E-state index contributed by atoms with van der Waals surface area (Å²) in [6, 6.07) is 1.72. The van der Waals surface area contributed by atoms with Gasteiger partial charge in [-0.25, -0.2) is 18.4 Å². The van der Waals surface area contributed by atoms with E-state index in [2.05, 4.69) is 9.97 Å². The Morgan fingerprint density at radius 2 is 1.92 bits per heavy atom. The minimum absolute atomic E-state index is 0.184. The summed E-state index contributed by atoms with van der Waals surface area (Å²) in [7, 11) is -3.03. The molecule has 8 heteroatoms. The summed E-state index contributed by atoms with van der Waals surface area (Å²) in [4.78, 5) is 8.53. The van der Waals surface area contributed by atoms with Crippen molar-refractivity contribution < 1.29 is 18.3 Å². The largest absolute Gasteiger partial charge is 0.474 e. The lowest BCUT2D eigenvalue weighted by atomic mass is 9.89. The van der Waals surface area contributed by atoms with Gasteiger partial charge in [-0.2, -0.15) is 0 Å². The van der Waals surface area contributed by atoms with Gasteiger partial charge in [-0.3, -0.25) is 0 Å². The minimum Gasteiger partial charge on any atom is -0.474 e. The number of aliphatic hydroxyl groups is 1. The van der Waals surface area contributed by atoms with Crippen molar-refractivity contribution in [3.05, 3.63) is 29.2 Å². The monoisotopic (exact) mass is 396 g/mol. The molecule has 0 aromatic carbocycles. The molecule has 1 N–H and O–H groups in total. The van der Waals surface area contributed by atoms with Crippen LogP contribution in [0, 0.1) is 5.92 Å². The summed E-state index contributed by atoms with van der Waals surface area (Å²) in [5.74, 6) is 0.616. The first kappa shape index (κ1) is 17.9. The molecule has 140 valence electrons. The molecule has 1 atom stereocenters. The molecule has 0 saturated heterocycles. The predicted molar refractivity (Wildman–Crippen MR) is 99.1 cm³/mol. The molecular weight excluding hydrogens is 376 g/mol. The van der Waals surface area contributed by atoms with Crippen molar-refractivity contribution in [1.29, 1.82) is 0 Å². The van der Waals surface area contributed by atoms with Crippen LogP contribution in [0.15, 0.2) is 18.5 Å². The number of sulfone groups is 1. The van der Waals surface area contributed by atoms with E-state index in [1.165, 1.54) is 6.26 Å². The summed E-state index contributed by atoms with van der Waals surface area (Å²) >= 11 is 6.08. The zero-order chi connectivity index (χ0) is 18.7. The Hall–Kier alpha value is -1.44. The number of aromatic nitrogens is 2. The van der Waals surface area contributed by atoms with Gasteiger partial charge < -0.3 is 9.84 Å². The average molecular weight is 397 g/mol. The fraction of sp³-hybridized carbons (Fsp3) is 0.556. The van der Waals surface area contributed by atoms with E-state index in [-0.39, 0.29) is 17.3 Å². The second-order valence-electron chi connectivity index (χ2n) is 7.61. The maximum atomic E-state index is 11.6. The van der Waals surface area contributed by atoms with E-state index in [4.69, 9.17) is 16.3 Å². The van der Waals surface area contributed by atoms with E-state index in [1.54, 1.807) is 25.4 Å². The van der Waals surface area contributed by atoms with Crippen molar-refractivity contribution in [3.8, 4) is 5.88 Å².